The highest BCUT2D eigenvalue weighted by Crippen LogP contribution is 2.25. The molecule has 1 unspecified atom stereocenters. The molecule has 2 heteroatoms. The smallest absolute Gasteiger partial charge is 0.0987 e. The predicted molar refractivity (Wildman–Crippen MR) is 46.6 cm³/mol. The molecule has 0 saturated heterocycles. The molecular weight excluding hydrogens is 138 g/mol. The number of likely N-dealkylation sites (N-methyl/N-ethyl adjacent to an activating group) is 1. The van der Waals surface area contributed by atoms with E-state index in [9.17, 15) is 0 Å². The maximum absolute atomic E-state index is 5.56. The molecule has 0 N–H and O–H groups in total. The van der Waals surface area contributed by atoms with Gasteiger partial charge in [-0.15, -0.1) is 0 Å². The van der Waals surface area contributed by atoms with Gasteiger partial charge in [-0.1, -0.05) is 0 Å². The fourth-order valence-electron chi connectivity index (χ4n) is 1.07. The minimum atomic E-state index is 0.343. The Kier molecular flexibility index (Phi) is 2.68. The lowest BCUT2D eigenvalue weighted by atomic mass is 10.4. The lowest BCUT2D eigenvalue weighted by Crippen LogP contribution is -2.16. The van der Waals surface area contributed by atoms with Gasteiger partial charge < -0.3 is 9.64 Å². The average molecular weight is 155 g/mol. The average Bonchev–Trinajstić information content (AvgIpc) is 2.43. The van der Waals surface area contributed by atoms with Gasteiger partial charge in [-0.05, 0) is 39.6 Å². The molecule has 0 aromatic heterocycles. The number of rotatable bonds is 4. The molecule has 1 rings (SSSR count). The van der Waals surface area contributed by atoms with E-state index in [1.54, 1.807) is 0 Å². The van der Waals surface area contributed by atoms with E-state index in [4.69, 9.17) is 4.74 Å². The molecular formula is C9H17NO. The Morgan fingerprint density at radius 1 is 1.55 bits per heavy atom. The van der Waals surface area contributed by atoms with E-state index in [2.05, 4.69) is 38.9 Å². The molecule has 0 bridgehead atoms. The van der Waals surface area contributed by atoms with Gasteiger partial charge in [0.2, 0.25) is 0 Å². The lowest BCUT2D eigenvalue weighted by Gasteiger charge is -2.10. The fourth-order valence-corrected chi connectivity index (χ4v) is 1.07. The highest BCUT2D eigenvalue weighted by atomic mass is 16.5. The van der Waals surface area contributed by atoms with Gasteiger partial charge in [0.25, 0.3) is 0 Å². The maximum Gasteiger partial charge on any atom is 0.0987 e. The van der Waals surface area contributed by atoms with Crippen molar-refractivity contribution in [3.05, 3.63) is 11.6 Å². The van der Waals surface area contributed by atoms with Gasteiger partial charge in [-0.3, -0.25) is 0 Å². The summed E-state index contributed by atoms with van der Waals surface area (Å²) in [6.07, 6.45) is 2.87. The number of ether oxygens (including phenoxy) is 1. The van der Waals surface area contributed by atoms with Crippen LogP contribution in [-0.2, 0) is 4.74 Å². The molecule has 0 heterocycles. The molecule has 64 valence electrons. The zero-order chi connectivity index (χ0) is 8.43. The molecule has 1 atom stereocenters. The summed E-state index contributed by atoms with van der Waals surface area (Å²) in [6.45, 7) is 5.18. The van der Waals surface area contributed by atoms with Crippen LogP contribution in [0.15, 0.2) is 11.6 Å². The summed E-state index contributed by atoms with van der Waals surface area (Å²) < 4.78 is 5.56. The standard InChI is InChI=1S/C9H17NO/c1-7(2)11-9-5-8(9)6-10(3)4/h5,7,9H,6H2,1-4H3. The van der Waals surface area contributed by atoms with Gasteiger partial charge in [0.1, 0.15) is 0 Å². The van der Waals surface area contributed by atoms with Crippen LogP contribution < -0.4 is 0 Å². The largest absolute Gasteiger partial charge is 0.367 e. The third kappa shape index (κ3) is 3.04. The van der Waals surface area contributed by atoms with Crippen LogP contribution in [0.25, 0.3) is 0 Å². The highest BCUT2D eigenvalue weighted by Gasteiger charge is 2.26. The summed E-state index contributed by atoms with van der Waals surface area (Å²) in [6, 6.07) is 0. The molecule has 0 aromatic carbocycles. The third-order valence-corrected chi connectivity index (χ3v) is 1.54. The SMILES string of the molecule is CC(C)OC1C=C1CN(C)C. The summed E-state index contributed by atoms with van der Waals surface area (Å²) in [7, 11) is 4.15. The van der Waals surface area contributed by atoms with Crippen molar-refractivity contribution >= 4 is 0 Å². The van der Waals surface area contributed by atoms with E-state index in [1.807, 2.05) is 0 Å². The van der Waals surface area contributed by atoms with Crippen LogP contribution in [0.4, 0.5) is 0 Å². The molecule has 0 saturated carbocycles. The first-order chi connectivity index (χ1) is 5.09. The first-order valence-electron chi connectivity index (χ1n) is 4.10. The van der Waals surface area contributed by atoms with Gasteiger partial charge in [-0.2, -0.15) is 0 Å². The van der Waals surface area contributed by atoms with Crippen molar-refractivity contribution in [2.45, 2.75) is 26.1 Å². The molecule has 0 aliphatic heterocycles. The topological polar surface area (TPSA) is 12.5 Å². The highest BCUT2D eigenvalue weighted by molar-refractivity contribution is 5.33. The zero-order valence-electron chi connectivity index (χ0n) is 7.79. The van der Waals surface area contributed by atoms with E-state index in [1.165, 1.54) is 5.57 Å². The molecule has 0 fully saturated rings. The second-order valence-electron chi connectivity index (χ2n) is 3.58. The van der Waals surface area contributed by atoms with Crippen molar-refractivity contribution < 1.29 is 4.74 Å². The van der Waals surface area contributed by atoms with E-state index in [0.717, 1.165) is 6.54 Å². The van der Waals surface area contributed by atoms with Crippen LogP contribution in [-0.4, -0.2) is 37.7 Å². The first kappa shape index (κ1) is 8.75. The van der Waals surface area contributed by atoms with Crippen molar-refractivity contribution in [2.75, 3.05) is 20.6 Å². The Labute approximate surface area is 68.8 Å². The van der Waals surface area contributed by atoms with Crippen LogP contribution in [0.1, 0.15) is 13.8 Å². The van der Waals surface area contributed by atoms with Crippen molar-refractivity contribution in [2.24, 2.45) is 0 Å². The summed E-state index contributed by atoms with van der Waals surface area (Å²) >= 11 is 0. The molecule has 0 spiro atoms. The summed E-state index contributed by atoms with van der Waals surface area (Å²) in [5, 5.41) is 0. The Balaban J connectivity index is 2.10. The summed E-state index contributed by atoms with van der Waals surface area (Å²) in [5.41, 5.74) is 1.42. The monoisotopic (exact) mass is 155 g/mol. The fraction of sp³-hybridized carbons (Fsp3) is 0.778. The summed E-state index contributed by atoms with van der Waals surface area (Å²) in [4.78, 5) is 2.16. The second kappa shape index (κ2) is 3.37. The lowest BCUT2D eigenvalue weighted by molar-refractivity contribution is 0.0730. The Morgan fingerprint density at radius 2 is 2.18 bits per heavy atom. The van der Waals surface area contributed by atoms with Gasteiger partial charge in [0.05, 0.1) is 12.2 Å². The van der Waals surface area contributed by atoms with Gasteiger partial charge >= 0.3 is 0 Å². The van der Waals surface area contributed by atoms with E-state index >= 15 is 0 Å². The van der Waals surface area contributed by atoms with Crippen molar-refractivity contribution in [1.29, 1.82) is 0 Å². The molecule has 11 heavy (non-hydrogen) atoms. The number of hydrogen-bond donors (Lipinski definition) is 0. The minimum Gasteiger partial charge on any atom is -0.367 e. The molecule has 0 amide bonds. The van der Waals surface area contributed by atoms with Gasteiger partial charge in [0.15, 0.2) is 0 Å². The molecule has 0 radical (unpaired) electrons. The predicted octanol–water partition coefficient (Wildman–Crippen LogP) is 1.28. The number of nitrogens with zero attached hydrogens (tertiary/aromatic N) is 1. The minimum absolute atomic E-state index is 0.343. The van der Waals surface area contributed by atoms with Crippen molar-refractivity contribution in [3.63, 3.8) is 0 Å². The van der Waals surface area contributed by atoms with E-state index < -0.39 is 0 Å². The molecule has 0 aromatic rings. The maximum atomic E-state index is 5.56. The van der Waals surface area contributed by atoms with Crippen LogP contribution in [0.5, 0.6) is 0 Å². The quantitative estimate of drug-likeness (QED) is 0.567. The second-order valence-corrected chi connectivity index (χ2v) is 3.58. The Hall–Kier alpha value is -0.340. The molecule has 1 aliphatic carbocycles. The van der Waals surface area contributed by atoms with Crippen LogP contribution in [0, 0.1) is 0 Å². The van der Waals surface area contributed by atoms with Crippen LogP contribution in [0.2, 0.25) is 0 Å². The first-order valence-corrected chi connectivity index (χ1v) is 4.10. The van der Waals surface area contributed by atoms with Gasteiger partial charge in [-0.25, -0.2) is 0 Å². The zero-order valence-corrected chi connectivity index (χ0v) is 7.79. The van der Waals surface area contributed by atoms with Crippen LogP contribution >= 0.6 is 0 Å². The van der Waals surface area contributed by atoms with E-state index in [-0.39, 0.29) is 0 Å². The van der Waals surface area contributed by atoms with E-state index in [0.29, 0.717) is 12.2 Å². The van der Waals surface area contributed by atoms with Crippen molar-refractivity contribution in [1.82, 2.24) is 4.90 Å². The molecule has 1 aliphatic rings. The molecule has 2 nitrogen and oxygen atoms in total. The summed E-state index contributed by atoms with van der Waals surface area (Å²) in [5.74, 6) is 0. The van der Waals surface area contributed by atoms with Gasteiger partial charge in [0, 0.05) is 6.54 Å². The van der Waals surface area contributed by atoms with Crippen molar-refractivity contribution in [3.8, 4) is 0 Å². The Morgan fingerprint density at radius 3 is 2.64 bits per heavy atom. The Bertz CT molecular complexity index is 161. The van der Waals surface area contributed by atoms with Crippen LogP contribution in [0.3, 0.4) is 0 Å². The normalized spacial score (nSPS) is 22.7. The third-order valence-electron chi connectivity index (χ3n) is 1.54. The number of hydrogen-bond acceptors (Lipinski definition) is 2.